The van der Waals surface area contributed by atoms with Crippen molar-refractivity contribution < 1.29 is 19.0 Å². The van der Waals surface area contributed by atoms with Gasteiger partial charge in [-0.25, -0.2) is 4.39 Å². The largest absolute Gasteiger partial charge is 0.512 e. The fraction of sp³-hybridized carbons (Fsp3) is 0.318. The van der Waals surface area contributed by atoms with Crippen LogP contribution in [0.5, 0.6) is 11.5 Å². The van der Waals surface area contributed by atoms with Crippen LogP contribution in [0, 0.1) is 11.2 Å². The summed E-state index contributed by atoms with van der Waals surface area (Å²) < 4.78 is 19.7. The van der Waals surface area contributed by atoms with Crippen molar-refractivity contribution in [3.05, 3.63) is 64.1 Å². The number of rotatable bonds is 4. The predicted octanol–water partition coefficient (Wildman–Crippen LogP) is 6.49. The van der Waals surface area contributed by atoms with Crippen molar-refractivity contribution in [1.82, 2.24) is 0 Å². The Morgan fingerprint density at radius 3 is 2.63 bits per heavy atom. The molecule has 3 nitrogen and oxygen atoms in total. The van der Waals surface area contributed by atoms with E-state index in [9.17, 15) is 14.3 Å². The highest BCUT2D eigenvalue weighted by Gasteiger charge is 2.37. The number of halogens is 2. The molecule has 0 aliphatic heterocycles. The SMILES string of the molecule is CCc1ccc(Oc2ccc(Cl)cc2F)cc1C1=C(O)CCC(C)(C)C1=O. The van der Waals surface area contributed by atoms with Crippen LogP contribution in [0.4, 0.5) is 4.39 Å². The highest BCUT2D eigenvalue weighted by molar-refractivity contribution is 6.30. The molecule has 0 atom stereocenters. The van der Waals surface area contributed by atoms with Gasteiger partial charge in [-0.3, -0.25) is 4.79 Å². The Bertz CT molecular complexity index is 931. The van der Waals surface area contributed by atoms with Crippen LogP contribution in [-0.4, -0.2) is 10.9 Å². The molecule has 0 spiro atoms. The smallest absolute Gasteiger partial charge is 0.172 e. The second-order valence-electron chi connectivity index (χ2n) is 7.38. The van der Waals surface area contributed by atoms with Crippen LogP contribution >= 0.6 is 11.6 Å². The van der Waals surface area contributed by atoms with Gasteiger partial charge in [0.15, 0.2) is 17.3 Å². The topological polar surface area (TPSA) is 46.5 Å². The van der Waals surface area contributed by atoms with Gasteiger partial charge >= 0.3 is 0 Å². The molecular weight excluding hydrogens is 367 g/mol. The van der Waals surface area contributed by atoms with Crippen molar-refractivity contribution in [1.29, 1.82) is 0 Å². The van der Waals surface area contributed by atoms with Crippen LogP contribution in [0.1, 0.15) is 44.7 Å². The quantitative estimate of drug-likeness (QED) is 0.650. The third-order valence-corrected chi connectivity index (χ3v) is 5.21. The Balaban J connectivity index is 2.05. The summed E-state index contributed by atoms with van der Waals surface area (Å²) in [7, 11) is 0. The van der Waals surface area contributed by atoms with Gasteiger partial charge in [0.2, 0.25) is 0 Å². The Hall–Kier alpha value is -2.33. The molecule has 5 heteroatoms. The highest BCUT2D eigenvalue weighted by Crippen LogP contribution is 2.41. The third-order valence-electron chi connectivity index (χ3n) is 4.97. The van der Waals surface area contributed by atoms with E-state index in [1.165, 1.54) is 12.1 Å². The Kier molecular flexibility index (Phi) is 5.29. The number of benzene rings is 2. The zero-order valence-electron chi connectivity index (χ0n) is 15.6. The van der Waals surface area contributed by atoms with Gasteiger partial charge in [-0.1, -0.05) is 38.4 Å². The first-order valence-corrected chi connectivity index (χ1v) is 9.34. The number of aliphatic hydroxyl groups excluding tert-OH is 1. The number of carbonyl (C=O) groups excluding carboxylic acids is 1. The van der Waals surface area contributed by atoms with Gasteiger partial charge in [0.05, 0.1) is 5.57 Å². The van der Waals surface area contributed by atoms with Crippen molar-refractivity contribution in [2.24, 2.45) is 5.41 Å². The van der Waals surface area contributed by atoms with E-state index in [1.807, 2.05) is 26.8 Å². The second-order valence-corrected chi connectivity index (χ2v) is 7.82. The lowest BCUT2D eigenvalue weighted by Gasteiger charge is -2.30. The first kappa shape index (κ1) is 19.4. The van der Waals surface area contributed by atoms with E-state index in [0.29, 0.717) is 36.1 Å². The van der Waals surface area contributed by atoms with Crippen LogP contribution in [0.3, 0.4) is 0 Å². The van der Waals surface area contributed by atoms with Crippen LogP contribution in [0.15, 0.2) is 42.2 Å². The molecule has 2 aromatic rings. The fourth-order valence-corrected chi connectivity index (χ4v) is 3.42. The minimum Gasteiger partial charge on any atom is -0.512 e. The number of hydrogen-bond donors (Lipinski definition) is 1. The first-order chi connectivity index (χ1) is 12.7. The van der Waals surface area contributed by atoms with Crippen molar-refractivity contribution in [2.45, 2.75) is 40.0 Å². The number of aryl methyl sites for hydroxylation is 1. The van der Waals surface area contributed by atoms with E-state index < -0.39 is 11.2 Å². The first-order valence-electron chi connectivity index (χ1n) is 8.96. The lowest BCUT2D eigenvalue weighted by Crippen LogP contribution is -2.30. The number of allylic oxidation sites excluding steroid dienone is 2. The summed E-state index contributed by atoms with van der Waals surface area (Å²) in [6.45, 7) is 5.75. The van der Waals surface area contributed by atoms with Gasteiger partial charge in [-0.15, -0.1) is 0 Å². The molecule has 27 heavy (non-hydrogen) atoms. The number of hydrogen-bond acceptors (Lipinski definition) is 3. The van der Waals surface area contributed by atoms with E-state index in [4.69, 9.17) is 16.3 Å². The van der Waals surface area contributed by atoms with Crippen LogP contribution in [0.25, 0.3) is 5.57 Å². The van der Waals surface area contributed by atoms with Crippen molar-refractivity contribution in [2.75, 3.05) is 0 Å². The number of Topliss-reactive ketones (excluding diaryl/α,β-unsaturated/α-hetero) is 1. The molecule has 0 fully saturated rings. The molecule has 0 heterocycles. The monoisotopic (exact) mass is 388 g/mol. The molecule has 1 N–H and O–H groups in total. The lowest BCUT2D eigenvalue weighted by atomic mass is 9.73. The van der Waals surface area contributed by atoms with Gasteiger partial charge in [0.25, 0.3) is 0 Å². The summed E-state index contributed by atoms with van der Waals surface area (Å²) in [5.74, 6) is -0.122. The van der Waals surface area contributed by atoms with Crippen LogP contribution in [-0.2, 0) is 11.2 Å². The van der Waals surface area contributed by atoms with Gasteiger partial charge < -0.3 is 9.84 Å². The minimum atomic E-state index is -0.569. The number of aliphatic hydroxyl groups is 1. The molecule has 0 bridgehead atoms. The molecule has 0 amide bonds. The normalized spacial score (nSPS) is 16.6. The molecule has 3 rings (SSSR count). The van der Waals surface area contributed by atoms with E-state index in [0.717, 1.165) is 5.56 Å². The zero-order valence-corrected chi connectivity index (χ0v) is 16.4. The summed E-state index contributed by atoms with van der Waals surface area (Å²) in [6, 6.07) is 9.44. The minimum absolute atomic E-state index is 0.0445. The molecule has 0 aromatic heterocycles. The zero-order chi connectivity index (χ0) is 19.8. The maximum absolute atomic E-state index is 14.0. The number of ether oxygens (including phenoxy) is 1. The average Bonchev–Trinajstić information content (AvgIpc) is 2.62. The summed E-state index contributed by atoms with van der Waals surface area (Å²) in [5, 5.41) is 10.7. The molecule has 0 unspecified atom stereocenters. The maximum Gasteiger partial charge on any atom is 0.172 e. The van der Waals surface area contributed by atoms with Gasteiger partial charge in [0, 0.05) is 16.9 Å². The van der Waals surface area contributed by atoms with E-state index >= 15 is 0 Å². The molecule has 1 aliphatic carbocycles. The maximum atomic E-state index is 14.0. The lowest BCUT2D eigenvalue weighted by molar-refractivity contribution is -0.122. The highest BCUT2D eigenvalue weighted by atomic mass is 35.5. The van der Waals surface area contributed by atoms with E-state index in [2.05, 4.69) is 0 Å². The number of carbonyl (C=O) groups is 1. The molecule has 0 saturated heterocycles. The van der Waals surface area contributed by atoms with Gasteiger partial charge in [-0.05, 0) is 54.3 Å². The average molecular weight is 389 g/mol. The molecule has 0 radical (unpaired) electrons. The van der Waals surface area contributed by atoms with Crippen LogP contribution in [0.2, 0.25) is 5.02 Å². The van der Waals surface area contributed by atoms with Crippen molar-refractivity contribution >= 4 is 23.0 Å². The Labute approximate surface area is 163 Å². The molecule has 2 aromatic carbocycles. The summed E-state index contributed by atoms with van der Waals surface area (Å²) >= 11 is 5.78. The fourth-order valence-electron chi connectivity index (χ4n) is 3.26. The van der Waals surface area contributed by atoms with E-state index in [1.54, 1.807) is 18.2 Å². The second kappa shape index (κ2) is 7.35. The molecular formula is C22H22ClFO3. The summed E-state index contributed by atoms with van der Waals surface area (Å²) in [6.07, 6.45) is 1.75. The molecule has 1 aliphatic rings. The van der Waals surface area contributed by atoms with Gasteiger partial charge in [-0.2, -0.15) is 0 Å². The predicted molar refractivity (Wildman–Crippen MR) is 105 cm³/mol. The Morgan fingerprint density at radius 2 is 1.96 bits per heavy atom. The number of ketones is 1. The van der Waals surface area contributed by atoms with Crippen molar-refractivity contribution in [3.8, 4) is 11.5 Å². The van der Waals surface area contributed by atoms with Crippen molar-refractivity contribution in [3.63, 3.8) is 0 Å². The standard InChI is InChI=1S/C22H22ClFO3/c1-4-13-5-7-15(27-19-8-6-14(23)11-17(19)24)12-16(13)20-18(25)9-10-22(2,3)21(20)26/h5-8,11-12,25H,4,9-10H2,1-3H3. The molecule has 142 valence electrons. The summed E-state index contributed by atoms with van der Waals surface area (Å²) in [4.78, 5) is 13.0. The van der Waals surface area contributed by atoms with Gasteiger partial charge in [0.1, 0.15) is 11.5 Å². The third kappa shape index (κ3) is 3.86. The molecule has 0 saturated carbocycles. The van der Waals surface area contributed by atoms with Crippen LogP contribution < -0.4 is 4.74 Å². The van der Waals surface area contributed by atoms with E-state index in [-0.39, 0.29) is 22.3 Å². The summed E-state index contributed by atoms with van der Waals surface area (Å²) in [5.41, 5.74) is 1.36. The Morgan fingerprint density at radius 1 is 1.22 bits per heavy atom.